The number of rotatable bonds is 12. The number of ether oxygens (including phenoxy) is 1. The average molecular weight is 276 g/mol. The molecule has 0 aromatic rings. The average Bonchev–Trinajstić information content (AvgIpc) is 2.35. The Balaban J connectivity index is 3.73. The first-order valence-corrected chi connectivity index (χ1v) is 7.84. The molecule has 0 aromatic heterocycles. The number of nitrogens with two attached hydrogens (primary N) is 1. The van der Waals surface area contributed by atoms with Crippen LogP contribution in [0.15, 0.2) is 0 Å². The highest BCUT2D eigenvalue weighted by Crippen LogP contribution is 2.15. The number of primary amides is 1. The van der Waals surface area contributed by atoms with E-state index in [1.54, 1.807) is 7.11 Å². The van der Waals surface area contributed by atoms with Crippen LogP contribution < -0.4 is 11.1 Å². The van der Waals surface area contributed by atoms with Crippen molar-refractivity contribution in [3.63, 3.8) is 0 Å². The molecule has 0 rings (SSSR count). The topological polar surface area (TPSA) is 64.3 Å². The predicted molar refractivity (Wildman–Crippen MR) is 78.9 cm³/mol. The fourth-order valence-corrected chi connectivity index (χ4v) is 2.51. The van der Waals surface area contributed by atoms with Gasteiger partial charge in [-0.15, -0.1) is 0 Å². The highest BCUT2D eigenvalue weighted by atomic mass is 32.2. The van der Waals surface area contributed by atoms with Gasteiger partial charge in [-0.3, -0.25) is 4.79 Å². The zero-order chi connectivity index (χ0) is 13.9. The fourth-order valence-electron chi connectivity index (χ4n) is 1.63. The maximum Gasteiger partial charge on any atom is 0.237 e. The quantitative estimate of drug-likeness (QED) is 0.533. The molecule has 0 radical (unpaired) electrons. The van der Waals surface area contributed by atoms with Gasteiger partial charge in [0.1, 0.15) is 0 Å². The summed E-state index contributed by atoms with van der Waals surface area (Å²) in [6.07, 6.45) is 3.91. The molecule has 5 heteroatoms. The first-order chi connectivity index (χ1) is 8.56. The summed E-state index contributed by atoms with van der Waals surface area (Å²) in [6.45, 7) is 5.64. The van der Waals surface area contributed by atoms with Crippen molar-refractivity contribution < 1.29 is 9.53 Å². The zero-order valence-corrected chi connectivity index (χ0v) is 12.8. The summed E-state index contributed by atoms with van der Waals surface area (Å²) >= 11 is 1.91. The summed E-state index contributed by atoms with van der Waals surface area (Å²) in [4.78, 5) is 11.5. The van der Waals surface area contributed by atoms with Gasteiger partial charge in [0.15, 0.2) is 0 Å². The second-order valence-corrected chi connectivity index (χ2v) is 5.91. The van der Waals surface area contributed by atoms with E-state index in [-0.39, 0.29) is 5.91 Å². The van der Waals surface area contributed by atoms with Gasteiger partial charge >= 0.3 is 0 Å². The molecule has 0 aromatic carbocycles. The van der Waals surface area contributed by atoms with Gasteiger partial charge in [0.2, 0.25) is 5.91 Å². The van der Waals surface area contributed by atoms with Crippen LogP contribution in [0.4, 0.5) is 0 Å². The Morgan fingerprint density at radius 2 is 2.06 bits per heavy atom. The molecule has 0 saturated heterocycles. The maximum absolute atomic E-state index is 11.5. The minimum absolute atomic E-state index is 0.250. The van der Waals surface area contributed by atoms with E-state index in [9.17, 15) is 4.79 Å². The van der Waals surface area contributed by atoms with Gasteiger partial charge in [-0.05, 0) is 50.7 Å². The summed E-state index contributed by atoms with van der Waals surface area (Å²) in [5, 5.41) is 3.25. The van der Waals surface area contributed by atoms with Crippen molar-refractivity contribution in [2.75, 3.05) is 31.8 Å². The standard InChI is InChI=1S/C13H28N2O2S/c1-4-8-15-13(2,12(14)16)7-5-10-18-11-6-9-17-3/h15H,4-11H2,1-3H3,(H2,14,16). The number of carbonyl (C=O) groups excluding carboxylic acids is 1. The molecule has 0 aliphatic heterocycles. The molecule has 1 amide bonds. The molecule has 18 heavy (non-hydrogen) atoms. The van der Waals surface area contributed by atoms with E-state index in [0.29, 0.717) is 0 Å². The molecular weight excluding hydrogens is 248 g/mol. The molecule has 108 valence electrons. The van der Waals surface area contributed by atoms with Crippen LogP contribution in [0, 0.1) is 0 Å². The van der Waals surface area contributed by atoms with Crippen LogP contribution in [0.1, 0.15) is 39.5 Å². The monoisotopic (exact) mass is 276 g/mol. The highest BCUT2D eigenvalue weighted by Gasteiger charge is 2.29. The van der Waals surface area contributed by atoms with Crippen LogP contribution in [0.2, 0.25) is 0 Å². The van der Waals surface area contributed by atoms with Crippen LogP contribution in [0.3, 0.4) is 0 Å². The number of hydrogen-bond acceptors (Lipinski definition) is 4. The first kappa shape index (κ1) is 17.7. The first-order valence-electron chi connectivity index (χ1n) is 6.68. The maximum atomic E-state index is 11.5. The smallest absolute Gasteiger partial charge is 0.237 e. The molecule has 3 N–H and O–H groups in total. The number of hydrogen-bond donors (Lipinski definition) is 2. The molecular formula is C13H28N2O2S. The SMILES string of the molecule is CCCNC(C)(CCCSCCCOC)C(N)=O. The molecule has 1 unspecified atom stereocenters. The van der Waals surface area contributed by atoms with Crippen molar-refractivity contribution in [1.82, 2.24) is 5.32 Å². The molecule has 0 fully saturated rings. The third kappa shape index (κ3) is 7.95. The highest BCUT2D eigenvalue weighted by molar-refractivity contribution is 7.99. The van der Waals surface area contributed by atoms with Crippen molar-refractivity contribution in [2.24, 2.45) is 5.73 Å². The minimum atomic E-state index is -0.552. The van der Waals surface area contributed by atoms with Crippen molar-refractivity contribution in [1.29, 1.82) is 0 Å². The Morgan fingerprint density at radius 1 is 1.39 bits per heavy atom. The Labute approximate surface area is 115 Å². The van der Waals surface area contributed by atoms with E-state index in [1.807, 2.05) is 18.7 Å². The molecule has 0 heterocycles. The molecule has 4 nitrogen and oxygen atoms in total. The summed E-state index contributed by atoms with van der Waals surface area (Å²) in [5.74, 6) is 1.93. The lowest BCUT2D eigenvalue weighted by atomic mass is 9.95. The fraction of sp³-hybridized carbons (Fsp3) is 0.923. The Hall–Kier alpha value is -0.260. The van der Waals surface area contributed by atoms with E-state index >= 15 is 0 Å². The van der Waals surface area contributed by atoms with Gasteiger partial charge in [0.05, 0.1) is 5.54 Å². The van der Waals surface area contributed by atoms with Crippen molar-refractivity contribution >= 4 is 17.7 Å². The van der Waals surface area contributed by atoms with Gasteiger partial charge in [-0.1, -0.05) is 6.92 Å². The number of methoxy groups -OCH3 is 1. The van der Waals surface area contributed by atoms with Gasteiger partial charge in [-0.25, -0.2) is 0 Å². The van der Waals surface area contributed by atoms with E-state index in [0.717, 1.165) is 50.3 Å². The molecule has 0 aliphatic carbocycles. The number of nitrogens with one attached hydrogen (secondary N) is 1. The van der Waals surface area contributed by atoms with Crippen LogP contribution in [-0.4, -0.2) is 43.2 Å². The van der Waals surface area contributed by atoms with E-state index in [4.69, 9.17) is 10.5 Å². The van der Waals surface area contributed by atoms with E-state index in [1.165, 1.54) is 0 Å². The predicted octanol–water partition coefficient (Wildman–Crippen LogP) is 1.78. The van der Waals surface area contributed by atoms with Gasteiger partial charge in [0.25, 0.3) is 0 Å². The summed E-state index contributed by atoms with van der Waals surface area (Å²) in [6, 6.07) is 0. The summed E-state index contributed by atoms with van der Waals surface area (Å²) in [7, 11) is 1.72. The Morgan fingerprint density at radius 3 is 2.61 bits per heavy atom. The van der Waals surface area contributed by atoms with Gasteiger partial charge in [0, 0.05) is 13.7 Å². The van der Waals surface area contributed by atoms with Crippen LogP contribution in [-0.2, 0) is 9.53 Å². The van der Waals surface area contributed by atoms with E-state index in [2.05, 4.69) is 12.2 Å². The molecule has 0 bridgehead atoms. The van der Waals surface area contributed by atoms with Gasteiger partial charge in [-0.2, -0.15) is 11.8 Å². The van der Waals surface area contributed by atoms with E-state index < -0.39 is 5.54 Å². The summed E-state index contributed by atoms with van der Waals surface area (Å²) < 4.78 is 4.99. The molecule has 0 aliphatic rings. The van der Waals surface area contributed by atoms with Crippen LogP contribution >= 0.6 is 11.8 Å². The summed E-state index contributed by atoms with van der Waals surface area (Å²) in [5.41, 5.74) is 4.91. The minimum Gasteiger partial charge on any atom is -0.385 e. The lowest BCUT2D eigenvalue weighted by molar-refractivity contribution is -0.124. The van der Waals surface area contributed by atoms with Crippen LogP contribution in [0.5, 0.6) is 0 Å². The zero-order valence-electron chi connectivity index (χ0n) is 12.0. The number of amides is 1. The van der Waals surface area contributed by atoms with Crippen molar-refractivity contribution in [3.05, 3.63) is 0 Å². The normalized spacial score (nSPS) is 14.4. The molecule has 1 atom stereocenters. The van der Waals surface area contributed by atoms with Crippen molar-refractivity contribution in [2.45, 2.75) is 45.1 Å². The second kappa shape index (κ2) is 10.6. The Kier molecular flexibility index (Phi) is 10.5. The largest absolute Gasteiger partial charge is 0.385 e. The number of carbonyl (C=O) groups is 1. The lowest BCUT2D eigenvalue weighted by Gasteiger charge is -2.27. The third-order valence-electron chi connectivity index (χ3n) is 2.91. The van der Waals surface area contributed by atoms with Gasteiger partial charge < -0.3 is 15.8 Å². The number of thioether (sulfide) groups is 1. The lowest BCUT2D eigenvalue weighted by Crippen LogP contribution is -2.53. The Bertz CT molecular complexity index is 227. The molecule has 0 saturated carbocycles. The third-order valence-corrected chi connectivity index (χ3v) is 4.07. The van der Waals surface area contributed by atoms with Crippen molar-refractivity contribution in [3.8, 4) is 0 Å². The second-order valence-electron chi connectivity index (χ2n) is 4.69. The molecule has 0 spiro atoms. The van der Waals surface area contributed by atoms with Crippen LogP contribution in [0.25, 0.3) is 0 Å².